The average molecular weight is 398 g/mol. The number of allylic oxidation sites excluding steroid dienone is 2. The molecule has 6 atom stereocenters. The molecule has 0 aromatic rings. The fraction of sp³-hybridized carbons (Fsp3) is 0.708. The minimum Gasteiger partial charge on any atom is -0.458 e. The van der Waals surface area contributed by atoms with E-state index in [1.54, 1.807) is 13.2 Å². The van der Waals surface area contributed by atoms with Crippen LogP contribution in [0.4, 0.5) is 0 Å². The van der Waals surface area contributed by atoms with E-state index in [9.17, 15) is 14.4 Å². The molecule has 0 unspecified atom stereocenters. The number of rotatable bonds is 2. The summed E-state index contributed by atoms with van der Waals surface area (Å²) in [5, 5.41) is 0. The van der Waals surface area contributed by atoms with Crippen molar-refractivity contribution in [2.75, 3.05) is 7.11 Å². The number of methoxy groups -OCH3 is 1. The number of fused-ring (bicyclic) bond motifs is 2. The Hall–Kier alpha value is -1.75. The molecule has 5 heteroatoms. The first-order valence-electron chi connectivity index (χ1n) is 10.8. The Morgan fingerprint density at radius 3 is 2.48 bits per heavy atom. The molecule has 29 heavy (non-hydrogen) atoms. The van der Waals surface area contributed by atoms with Crippen LogP contribution >= 0.6 is 0 Å². The highest BCUT2D eigenvalue weighted by molar-refractivity contribution is 6.25. The average Bonchev–Trinajstić information content (AvgIpc) is 3.16. The van der Waals surface area contributed by atoms with Gasteiger partial charge in [0.1, 0.15) is 23.0 Å². The van der Waals surface area contributed by atoms with Gasteiger partial charge in [-0.25, -0.2) is 0 Å². The normalized spacial score (nSPS) is 44.7. The predicted octanol–water partition coefficient (Wildman–Crippen LogP) is 3.42. The van der Waals surface area contributed by atoms with Gasteiger partial charge in [-0.05, 0) is 42.7 Å². The van der Waals surface area contributed by atoms with Gasteiger partial charge in [0.2, 0.25) is 0 Å². The molecule has 0 N–H and O–H groups in total. The van der Waals surface area contributed by atoms with E-state index in [1.807, 2.05) is 20.8 Å². The standard InChI is InChI=1S/C24H30O5/c1-11(2)24-13(25)10-12(3)15(24)14-16(20(24)26)23-9-7-8-22(4,5)19(23)18(17(14)28-6)29-21(23)27/h10-11,15,17-19H,7-9H2,1-6H3/t15-,17+,18-,19+,23+,24-/m1/s1. The van der Waals surface area contributed by atoms with Crippen LogP contribution in [0, 0.1) is 34.0 Å². The second kappa shape index (κ2) is 5.48. The molecule has 5 rings (SSSR count). The van der Waals surface area contributed by atoms with Crippen LogP contribution < -0.4 is 0 Å². The smallest absolute Gasteiger partial charge is 0.317 e. The lowest BCUT2D eigenvalue weighted by atomic mass is 9.49. The molecule has 1 heterocycles. The van der Waals surface area contributed by atoms with Crippen LogP contribution in [0.5, 0.6) is 0 Å². The Labute approximate surface area is 171 Å². The van der Waals surface area contributed by atoms with E-state index < -0.39 is 23.0 Å². The van der Waals surface area contributed by atoms with Gasteiger partial charge >= 0.3 is 5.97 Å². The van der Waals surface area contributed by atoms with Gasteiger partial charge in [0.25, 0.3) is 0 Å². The lowest BCUT2D eigenvalue weighted by molar-refractivity contribution is -0.152. The maximum atomic E-state index is 14.2. The van der Waals surface area contributed by atoms with Crippen molar-refractivity contribution in [3.63, 3.8) is 0 Å². The van der Waals surface area contributed by atoms with Crippen LogP contribution in [-0.2, 0) is 23.9 Å². The number of ether oxygens (including phenoxy) is 2. The number of carbonyl (C=O) groups is 3. The van der Waals surface area contributed by atoms with Gasteiger partial charge in [-0.2, -0.15) is 0 Å². The largest absolute Gasteiger partial charge is 0.458 e. The fourth-order valence-corrected chi connectivity index (χ4v) is 7.88. The summed E-state index contributed by atoms with van der Waals surface area (Å²) < 4.78 is 12.0. The van der Waals surface area contributed by atoms with Crippen LogP contribution in [0.25, 0.3) is 0 Å². The number of Topliss-reactive ketones (excluding diaryl/α,β-unsaturated/α-hetero) is 1. The third-order valence-electron chi connectivity index (χ3n) is 8.80. The van der Waals surface area contributed by atoms with E-state index in [-0.39, 0.29) is 40.7 Å². The molecular formula is C24H30O5. The quantitative estimate of drug-likeness (QED) is 0.527. The Morgan fingerprint density at radius 1 is 1.17 bits per heavy atom. The summed E-state index contributed by atoms with van der Waals surface area (Å²) in [6, 6.07) is 0. The maximum Gasteiger partial charge on any atom is 0.317 e. The molecule has 0 spiro atoms. The van der Waals surface area contributed by atoms with Crippen LogP contribution in [0.3, 0.4) is 0 Å². The highest BCUT2D eigenvalue weighted by atomic mass is 16.6. The Morgan fingerprint density at radius 2 is 1.86 bits per heavy atom. The zero-order valence-electron chi connectivity index (χ0n) is 18.1. The minimum atomic E-state index is -1.13. The topological polar surface area (TPSA) is 69.7 Å². The third kappa shape index (κ3) is 1.81. The second-order valence-corrected chi connectivity index (χ2v) is 10.7. The van der Waals surface area contributed by atoms with Crippen molar-refractivity contribution in [2.45, 2.75) is 66.1 Å². The molecule has 0 aromatic carbocycles. The molecule has 5 nitrogen and oxygen atoms in total. The molecule has 2 fully saturated rings. The summed E-state index contributed by atoms with van der Waals surface area (Å²) in [7, 11) is 1.62. The van der Waals surface area contributed by atoms with Crippen molar-refractivity contribution in [1.29, 1.82) is 0 Å². The van der Waals surface area contributed by atoms with Crippen molar-refractivity contribution < 1.29 is 23.9 Å². The number of ketones is 2. The van der Waals surface area contributed by atoms with Crippen LogP contribution in [0.15, 0.2) is 22.8 Å². The van der Waals surface area contributed by atoms with E-state index in [4.69, 9.17) is 9.47 Å². The summed E-state index contributed by atoms with van der Waals surface area (Å²) >= 11 is 0. The lowest BCUT2D eigenvalue weighted by Crippen LogP contribution is -2.55. The van der Waals surface area contributed by atoms with Gasteiger partial charge < -0.3 is 9.47 Å². The maximum absolute atomic E-state index is 14.2. The van der Waals surface area contributed by atoms with Gasteiger partial charge in [-0.15, -0.1) is 0 Å². The van der Waals surface area contributed by atoms with E-state index in [1.165, 1.54) is 0 Å². The van der Waals surface area contributed by atoms with Crippen molar-refractivity contribution >= 4 is 17.5 Å². The molecule has 1 saturated heterocycles. The predicted molar refractivity (Wildman–Crippen MR) is 106 cm³/mol. The van der Waals surface area contributed by atoms with Gasteiger partial charge in [-0.1, -0.05) is 39.7 Å². The van der Waals surface area contributed by atoms with Gasteiger partial charge in [-0.3, -0.25) is 14.4 Å². The summed E-state index contributed by atoms with van der Waals surface area (Å²) in [6.07, 6.45) is 3.23. The molecular weight excluding hydrogens is 368 g/mol. The Kier molecular flexibility index (Phi) is 3.64. The van der Waals surface area contributed by atoms with Gasteiger partial charge in [0.15, 0.2) is 11.6 Å². The molecule has 2 bridgehead atoms. The highest BCUT2D eigenvalue weighted by Gasteiger charge is 2.77. The van der Waals surface area contributed by atoms with Crippen molar-refractivity contribution in [3.8, 4) is 0 Å². The van der Waals surface area contributed by atoms with Gasteiger partial charge in [0, 0.05) is 24.5 Å². The highest BCUT2D eigenvalue weighted by Crippen LogP contribution is 2.71. The SMILES string of the molecule is CO[C@H]1C2=C(C(=O)[C@]3(C(C)C)C(=O)C=C(C)[C@H]23)[C@@]23CCCC(C)(C)[C@@H]2[C@@H]1OC3=O. The Balaban J connectivity index is 1.84. The van der Waals surface area contributed by atoms with E-state index in [2.05, 4.69) is 13.8 Å². The molecule has 0 aromatic heterocycles. The lowest BCUT2D eigenvalue weighted by Gasteiger charge is -2.51. The summed E-state index contributed by atoms with van der Waals surface area (Å²) in [5.41, 5.74) is 0.122. The van der Waals surface area contributed by atoms with Crippen LogP contribution in [-0.4, -0.2) is 36.9 Å². The van der Waals surface area contributed by atoms with Crippen molar-refractivity contribution in [2.24, 2.45) is 34.0 Å². The molecule has 156 valence electrons. The fourth-order valence-electron chi connectivity index (χ4n) is 7.88. The monoisotopic (exact) mass is 398 g/mol. The summed E-state index contributed by atoms with van der Waals surface area (Å²) in [6.45, 7) is 10.2. The number of esters is 1. The number of carbonyl (C=O) groups excluding carboxylic acids is 3. The molecule has 0 amide bonds. The van der Waals surface area contributed by atoms with Gasteiger partial charge in [0.05, 0.1) is 0 Å². The summed E-state index contributed by atoms with van der Waals surface area (Å²) in [4.78, 5) is 40.9. The van der Waals surface area contributed by atoms with E-state index >= 15 is 0 Å². The minimum absolute atomic E-state index is 0.105. The van der Waals surface area contributed by atoms with Crippen molar-refractivity contribution in [3.05, 3.63) is 22.8 Å². The Bertz CT molecular complexity index is 922. The molecule has 4 aliphatic carbocycles. The number of hydrogen-bond acceptors (Lipinski definition) is 5. The molecule has 1 saturated carbocycles. The number of hydrogen-bond donors (Lipinski definition) is 0. The molecule has 5 aliphatic rings. The van der Waals surface area contributed by atoms with E-state index in [0.29, 0.717) is 12.0 Å². The van der Waals surface area contributed by atoms with Crippen molar-refractivity contribution in [1.82, 2.24) is 0 Å². The van der Waals surface area contributed by atoms with Crippen LogP contribution in [0.2, 0.25) is 0 Å². The van der Waals surface area contributed by atoms with Crippen LogP contribution in [0.1, 0.15) is 53.9 Å². The zero-order valence-corrected chi connectivity index (χ0v) is 18.1. The zero-order chi connectivity index (χ0) is 21.1. The summed E-state index contributed by atoms with van der Waals surface area (Å²) in [5.74, 6) is -1.13. The first-order chi connectivity index (χ1) is 13.6. The molecule has 1 aliphatic heterocycles. The second-order valence-electron chi connectivity index (χ2n) is 10.7. The molecule has 0 radical (unpaired) electrons. The first-order valence-corrected chi connectivity index (χ1v) is 10.8. The third-order valence-corrected chi connectivity index (χ3v) is 8.80. The first kappa shape index (κ1) is 19.2. The van der Waals surface area contributed by atoms with E-state index in [0.717, 1.165) is 24.0 Å².